The molecule has 1 aromatic rings. The first kappa shape index (κ1) is 13.3. The van der Waals surface area contributed by atoms with Crippen LogP contribution >= 0.6 is 12.2 Å². The summed E-state index contributed by atoms with van der Waals surface area (Å²) in [6, 6.07) is 5.03. The molecule has 2 atom stereocenters. The molecule has 4 heteroatoms. The van der Waals surface area contributed by atoms with E-state index in [1.165, 1.54) is 6.07 Å². The quantitative estimate of drug-likeness (QED) is 0.835. The van der Waals surface area contributed by atoms with Gasteiger partial charge in [0.05, 0.1) is 5.56 Å². The van der Waals surface area contributed by atoms with Gasteiger partial charge in [-0.1, -0.05) is 32.1 Å². The van der Waals surface area contributed by atoms with Gasteiger partial charge in [-0.3, -0.25) is 0 Å². The first-order valence-electron chi connectivity index (χ1n) is 6.34. The van der Waals surface area contributed by atoms with Crippen molar-refractivity contribution in [3.05, 3.63) is 29.6 Å². The third-order valence-corrected chi connectivity index (χ3v) is 4.12. The fourth-order valence-corrected chi connectivity index (χ4v) is 2.70. The van der Waals surface area contributed by atoms with Gasteiger partial charge >= 0.3 is 0 Å². The van der Waals surface area contributed by atoms with Crippen LogP contribution in [0.1, 0.15) is 25.8 Å². The average Bonchev–Trinajstić information content (AvgIpc) is 2.32. The summed E-state index contributed by atoms with van der Waals surface area (Å²) in [6.45, 7) is 6.36. The van der Waals surface area contributed by atoms with Gasteiger partial charge in [0.1, 0.15) is 10.8 Å². The third kappa shape index (κ3) is 2.48. The van der Waals surface area contributed by atoms with Gasteiger partial charge in [0, 0.05) is 18.8 Å². The van der Waals surface area contributed by atoms with E-state index in [4.69, 9.17) is 18.0 Å². The molecule has 0 saturated carbocycles. The van der Waals surface area contributed by atoms with Crippen LogP contribution in [0, 0.1) is 17.7 Å². The number of hydrogen-bond donors (Lipinski definition) is 1. The van der Waals surface area contributed by atoms with E-state index in [1.807, 2.05) is 6.07 Å². The third-order valence-electron chi connectivity index (χ3n) is 3.91. The van der Waals surface area contributed by atoms with Crippen LogP contribution < -0.4 is 10.6 Å². The molecule has 2 N–H and O–H groups in total. The summed E-state index contributed by atoms with van der Waals surface area (Å²) < 4.78 is 13.8. The summed E-state index contributed by atoms with van der Waals surface area (Å²) >= 11 is 4.97. The van der Waals surface area contributed by atoms with Crippen molar-refractivity contribution in [1.82, 2.24) is 0 Å². The van der Waals surface area contributed by atoms with E-state index in [0.717, 1.165) is 25.2 Å². The van der Waals surface area contributed by atoms with E-state index in [9.17, 15) is 4.39 Å². The zero-order chi connectivity index (χ0) is 13.3. The smallest absolute Gasteiger partial charge is 0.135 e. The Morgan fingerprint density at radius 3 is 2.72 bits per heavy atom. The van der Waals surface area contributed by atoms with Crippen LogP contribution in [-0.2, 0) is 0 Å². The molecule has 0 aliphatic carbocycles. The first-order chi connectivity index (χ1) is 8.50. The van der Waals surface area contributed by atoms with E-state index in [2.05, 4.69) is 18.7 Å². The van der Waals surface area contributed by atoms with Gasteiger partial charge in [0.2, 0.25) is 0 Å². The summed E-state index contributed by atoms with van der Waals surface area (Å²) in [5.74, 6) is 0.982. The van der Waals surface area contributed by atoms with Crippen LogP contribution in [0.2, 0.25) is 0 Å². The molecule has 2 rings (SSSR count). The Morgan fingerprint density at radius 2 is 2.11 bits per heavy atom. The maximum absolute atomic E-state index is 13.8. The lowest BCUT2D eigenvalue weighted by molar-refractivity contribution is 0.323. The normalized spacial score (nSPS) is 24.1. The fourth-order valence-electron chi connectivity index (χ4n) is 2.50. The first-order valence-corrected chi connectivity index (χ1v) is 6.74. The van der Waals surface area contributed by atoms with E-state index in [0.29, 0.717) is 17.4 Å². The van der Waals surface area contributed by atoms with Crippen molar-refractivity contribution in [2.45, 2.75) is 20.3 Å². The van der Waals surface area contributed by atoms with Gasteiger partial charge < -0.3 is 10.6 Å². The van der Waals surface area contributed by atoms with E-state index in [1.54, 1.807) is 6.07 Å². The Kier molecular flexibility index (Phi) is 3.85. The predicted octanol–water partition coefficient (Wildman–Crippen LogP) is 2.94. The molecule has 0 bridgehead atoms. The predicted molar refractivity (Wildman–Crippen MR) is 77.4 cm³/mol. The zero-order valence-electron chi connectivity index (χ0n) is 10.8. The standard InChI is InChI=1S/C14H19FN2S/c1-9-6-7-17(8-10(9)2)12-5-3-4-11(15)13(12)14(16)18/h3-5,9-10H,6-8H2,1-2H3,(H2,16,18). The van der Waals surface area contributed by atoms with Crippen molar-refractivity contribution >= 4 is 22.9 Å². The van der Waals surface area contributed by atoms with Gasteiger partial charge in [0.25, 0.3) is 0 Å². The highest BCUT2D eigenvalue weighted by atomic mass is 32.1. The number of nitrogens with zero attached hydrogens (tertiary/aromatic N) is 1. The molecule has 0 amide bonds. The van der Waals surface area contributed by atoms with Crippen LogP contribution in [-0.4, -0.2) is 18.1 Å². The number of anilines is 1. The highest BCUT2D eigenvalue weighted by molar-refractivity contribution is 7.80. The highest BCUT2D eigenvalue weighted by Crippen LogP contribution is 2.30. The lowest BCUT2D eigenvalue weighted by Crippen LogP contribution is -2.39. The molecule has 1 fully saturated rings. The number of benzene rings is 1. The van der Waals surface area contributed by atoms with Gasteiger partial charge in [-0.05, 0) is 30.4 Å². The Morgan fingerprint density at radius 1 is 1.39 bits per heavy atom. The van der Waals surface area contributed by atoms with E-state index >= 15 is 0 Å². The van der Waals surface area contributed by atoms with Gasteiger partial charge in [-0.2, -0.15) is 0 Å². The number of piperidine rings is 1. The molecule has 1 heterocycles. The lowest BCUT2D eigenvalue weighted by Gasteiger charge is -2.37. The second-order valence-electron chi connectivity index (χ2n) is 5.19. The number of hydrogen-bond acceptors (Lipinski definition) is 2. The van der Waals surface area contributed by atoms with Crippen molar-refractivity contribution in [2.24, 2.45) is 17.6 Å². The molecule has 18 heavy (non-hydrogen) atoms. The number of rotatable bonds is 2. The summed E-state index contributed by atoms with van der Waals surface area (Å²) in [5, 5.41) is 0. The van der Waals surface area contributed by atoms with E-state index in [-0.39, 0.29) is 10.8 Å². The molecule has 1 aliphatic heterocycles. The number of thiocarbonyl (C=S) groups is 1. The average molecular weight is 266 g/mol. The Labute approximate surface area is 113 Å². The Bertz CT molecular complexity index is 461. The molecule has 0 aromatic heterocycles. The molecule has 1 aliphatic rings. The molecule has 1 aromatic carbocycles. The van der Waals surface area contributed by atoms with Gasteiger partial charge in [-0.15, -0.1) is 0 Å². The summed E-state index contributed by atoms with van der Waals surface area (Å²) in [4.78, 5) is 2.33. The highest BCUT2D eigenvalue weighted by Gasteiger charge is 2.25. The van der Waals surface area contributed by atoms with E-state index < -0.39 is 0 Å². The maximum Gasteiger partial charge on any atom is 0.135 e. The van der Waals surface area contributed by atoms with Crippen molar-refractivity contribution in [2.75, 3.05) is 18.0 Å². The second kappa shape index (κ2) is 5.22. The molecule has 0 radical (unpaired) electrons. The van der Waals surface area contributed by atoms with Gasteiger partial charge in [0.15, 0.2) is 0 Å². The number of halogens is 1. The minimum absolute atomic E-state index is 0.134. The van der Waals surface area contributed by atoms with Crippen LogP contribution in [0.25, 0.3) is 0 Å². The maximum atomic E-state index is 13.8. The molecule has 1 saturated heterocycles. The number of nitrogens with two attached hydrogens (primary N) is 1. The SMILES string of the molecule is CC1CCN(c2cccc(F)c2C(N)=S)CC1C. The molecule has 0 spiro atoms. The summed E-state index contributed by atoms with van der Waals surface area (Å²) in [5.41, 5.74) is 6.87. The second-order valence-corrected chi connectivity index (χ2v) is 5.63. The van der Waals surface area contributed by atoms with Crippen molar-refractivity contribution in [3.63, 3.8) is 0 Å². The summed E-state index contributed by atoms with van der Waals surface area (Å²) in [6.07, 6.45) is 1.12. The fraction of sp³-hybridized carbons (Fsp3) is 0.500. The van der Waals surface area contributed by atoms with Crippen LogP contribution in [0.5, 0.6) is 0 Å². The largest absolute Gasteiger partial charge is 0.389 e. The summed E-state index contributed by atoms with van der Waals surface area (Å²) in [7, 11) is 0. The van der Waals surface area contributed by atoms with Crippen molar-refractivity contribution in [3.8, 4) is 0 Å². The molecular formula is C14H19FN2S. The topological polar surface area (TPSA) is 29.3 Å². The zero-order valence-corrected chi connectivity index (χ0v) is 11.6. The molecule has 2 nitrogen and oxygen atoms in total. The Balaban J connectivity index is 2.34. The molecule has 2 unspecified atom stereocenters. The van der Waals surface area contributed by atoms with Gasteiger partial charge in [-0.25, -0.2) is 4.39 Å². The monoisotopic (exact) mass is 266 g/mol. The van der Waals surface area contributed by atoms with Crippen molar-refractivity contribution in [1.29, 1.82) is 0 Å². The minimum atomic E-state index is -0.328. The molecular weight excluding hydrogens is 247 g/mol. The molecule has 98 valence electrons. The van der Waals surface area contributed by atoms with Crippen LogP contribution in [0.3, 0.4) is 0 Å². The van der Waals surface area contributed by atoms with Crippen LogP contribution in [0.4, 0.5) is 10.1 Å². The van der Waals surface area contributed by atoms with Crippen molar-refractivity contribution < 1.29 is 4.39 Å². The van der Waals surface area contributed by atoms with Crippen LogP contribution in [0.15, 0.2) is 18.2 Å². The Hall–Kier alpha value is -1.16. The lowest BCUT2D eigenvalue weighted by atomic mass is 9.88. The minimum Gasteiger partial charge on any atom is -0.389 e.